The van der Waals surface area contributed by atoms with Crippen molar-refractivity contribution in [2.75, 3.05) is 32.2 Å². The maximum atomic E-state index is 5.33. The average Bonchev–Trinajstić information content (AvgIpc) is 2.86. The summed E-state index contributed by atoms with van der Waals surface area (Å²) in [7, 11) is 1.71. The van der Waals surface area contributed by atoms with Gasteiger partial charge >= 0.3 is 0 Å². The van der Waals surface area contributed by atoms with Gasteiger partial charge in [0.1, 0.15) is 0 Å². The number of imidazole rings is 1. The van der Waals surface area contributed by atoms with E-state index in [1.165, 1.54) is 0 Å². The van der Waals surface area contributed by atoms with Crippen molar-refractivity contribution in [1.82, 2.24) is 9.55 Å². The van der Waals surface area contributed by atoms with Crippen LogP contribution in [0, 0.1) is 6.92 Å². The number of nitrogens with zero attached hydrogens (tertiary/aromatic N) is 2. The molecule has 5 heteroatoms. The van der Waals surface area contributed by atoms with Crippen molar-refractivity contribution >= 4 is 5.95 Å². The number of rotatable bonds is 5. The lowest BCUT2D eigenvalue weighted by Crippen LogP contribution is -2.22. The fraction of sp³-hybridized carbons (Fsp3) is 0.727. The van der Waals surface area contributed by atoms with Crippen molar-refractivity contribution in [2.45, 2.75) is 25.9 Å². The Bertz CT molecular complexity index is 332. The zero-order valence-corrected chi connectivity index (χ0v) is 9.90. The molecule has 1 N–H and O–H groups in total. The minimum Gasteiger partial charge on any atom is -0.383 e. The quantitative estimate of drug-likeness (QED) is 0.813. The summed E-state index contributed by atoms with van der Waals surface area (Å²) in [5, 5.41) is 3.41. The molecule has 1 aliphatic heterocycles. The Morgan fingerprint density at radius 2 is 2.56 bits per heavy atom. The standard InChI is InChI=1S/C11H19N3O2/c1-9-7-14(4-6-15-2)11(12-9)13-10-3-5-16-8-10/h7,10H,3-6,8H2,1-2H3,(H,12,13). The summed E-state index contributed by atoms with van der Waals surface area (Å²) in [6, 6.07) is 0.392. The molecule has 0 saturated carbocycles. The van der Waals surface area contributed by atoms with E-state index in [1.807, 2.05) is 13.1 Å². The Balaban J connectivity index is 2.00. The number of aromatic nitrogens is 2. The van der Waals surface area contributed by atoms with Gasteiger partial charge in [-0.1, -0.05) is 0 Å². The summed E-state index contributed by atoms with van der Waals surface area (Å²) in [6.45, 7) is 5.14. The molecular formula is C11H19N3O2. The molecule has 0 aliphatic carbocycles. The number of nitrogens with one attached hydrogen (secondary N) is 1. The van der Waals surface area contributed by atoms with Crippen LogP contribution in [-0.4, -0.2) is 42.5 Å². The molecule has 1 aliphatic rings. The highest BCUT2D eigenvalue weighted by molar-refractivity contribution is 5.30. The van der Waals surface area contributed by atoms with E-state index in [9.17, 15) is 0 Å². The lowest BCUT2D eigenvalue weighted by Gasteiger charge is -2.13. The van der Waals surface area contributed by atoms with Crippen LogP contribution in [0.1, 0.15) is 12.1 Å². The average molecular weight is 225 g/mol. The molecule has 5 nitrogen and oxygen atoms in total. The van der Waals surface area contributed by atoms with Gasteiger partial charge in [-0.15, -0.1) is 0 Å². The second kappa shape index (κ2) is 5.32. The van der Waals surface area contributed by atoms with Gasteiger partial charge in [0, 0.05) is 26.5 Å². The fourth-order valence-corrected chi connectivity index (χ4v) is 1.85. The van der Waals surface area contributed by atoms with E-state index in [2.05, 4.69) is 14.9 Å². The van der Waals surface area contributed by atoms with Gasteiger partial charge in [0.15, 0.2) is 0 Å². The second-order valence-electron chi connectivity index (χ2n) is 4.10. The first-order valence-corrected chi connectivity index (χ1v) is 5.66. The molecule has 1 aromatic rings. The van der Waals surface area contributed by atoms with Crippen LogP contribution in [0.3, 0.4) is 0 Å². The maximum absolute atomic E-state index is 5.33. The van der Waals surface area contributed by atoms with Crippen molar-refractivity contribution in [2.24, 2.45) is 0 Å². The fourth-order valence-electron chi connectivity index (χ4n) is 1.85. The SMILES string of the molecule is COCCn1cc(C)nc1NC1CCOC1. The number of ether oxygens (including phenoxy) is 2. The first-order chi connectivity index (χ1) is 7.79. The van der Waals surface area contributed by atoms with E-state index in [4.69, 9.17) is 9.47 Å². The van der Waals surface area contributed by atoms with Crippen molar-refractivity contribution in [3.63, 3.8) is 0 Å². The summed E-state index contributed by atoms with van der Waals surface area (Å²) < 4.78 is 12.5. The van der Waals surface area contributed by atoms with Gasteiger partial charge < -0.3 is 19.4 Å². The third-order valence-corrected chi connectivity index (χ3v) is 2.70. The predicted molar refractivity (Wildman–Crippen MR) is 61.7 cm³/mol. The number of anilines is 1. The molecule has 1 atom stereocenters. The molecular weight excluding hydrogens is 206 g/mol. The van der Waals surface area contributed by atoms with Crippen LogP contribution in [0.5, 0.6) is 0 Å². The first kappa shape index (κ1) is 11.4. The van der Waals surface area contributed by atoms with Gasteiger partial charge in [-0.05, 0) is 13.3 Å². The van der Waals surface area contributed by atoms with Crippen LogP contribution in [0.2, 0.25) is 0 Å². The third-order valence-electron chi connectivity index (χ3n) is 2.70. The van der Waals surface area contributed by atoms with Crippen LogP contribution in [0.25, 0.3) is 0 Å². The normalized spacial score (nSPS) is 20.2. The van der Waals surface area contributed by atoms with Crippen LogP contribution >= 0.6 is 0 Å². The van der Waals surface area contributed by atoms with Gasteiger partial charge in [0.25, 0.3) is 0 Å². The predicted octanol–water partition coefficient (Wildman–Crippen LogP) is 1.04. The van der Waals surface area contributed by atoms with Crippen LogP contribution in [-0.2, 0) is 16.0 Å². The Labute approximate surface area is 95.8 Å². The van der Waals surface area contributed by atoms with Gasteiger partial charge in [0.2, 0.25) is 5.95 Å². The van der Waals surface area contributed by atoms with Crippen molar-refractivity contribution in [3.8, 4) is 0 Å². The molecule has 1 aromatic heterocycles. The van der Waals surface area contributed by atoms with E-state index in [1.54, 1.807) is 7.11 Å². The molecule has 0 radical (unpaired) electrons. The number of aryl methyl sites for hydroxylation is 1. The summed E-state index contributed by atoms with van der Waals surface area (Å²) in [6.07, 6.45) is 3.09. The van der Waals surface area contributed by atoms with Gasteiger partial charge in [-0.3, -0.25) is 0 Å². The summed E-state index contributed by atoms with van der Waals surface area (Å²) in [4.78, 5) is 4.47. The molecule has 1 unspecified atom stereocenters. The highest BCUT2D eigenvalue weighted by Crippen LogP contribution is 2.13. The highest BCUT2D eigenvalue weighted by atomic mass is 16.5. The molecule has 16 heavy (non-hydrogen) atoms. The zero-order valence-electron chi connectivity index (χ0n) is 9.90. The van der Waals surface area contributed by atoms with E-state index in [0.717, 1.165) is 37.8 Å². The highest BCUT2D eigenvalue weighted by Gasteiger charge is 2.17. The van der Waals surface area contributed by atoms with Gasteiger partial charge in [-0.25, -0.2) is 4.98 Å². The monoisotopic (exact) mass is 225 g/mol. The van der Waals surface area contributed by atoms with Crippen molar-refractivity contribution < 1.29 is 9.47 Å². The molecule has 90 valence electrons. The van der Waals surface area contributed by atoms with E-state index >= 15 is 0 Å². The van der Waals surface area contributed by atoms with E-state index < -0.39 is 0 Å². The Hall–Kier alpha value is -1.07. The van der Waals surface area contributed by atoms with Crippen LogP contribution in [0.15, 0.2) is 6.20 Å². The van der Waals surface area contributed by atoms with E-state index in [0.29, 0.717) is 12.6 Å². The van der Waals surface area contributed by atoms with Crippen molar-refractivity contribution in [1.29, 1.82) is 0 Å². The molecule has 0 aromatic carbocycles. The lowest BCUT2D eigenvalue weighted by atomic mass is 10.3. The molecule has 2 heterocycles. The molecule has 1 saturated heterocycles. The zero-order chi connectivity index (χ0) is 11.4. The van der Waals surface area contributed by atoms with E-state index in [-0.39, 0.29) is 0 Å². The Morgan fingerprint density at radius 1 is 1.69 bits per heavy atom. The summed E-state index contributed by atoms with van der Waals surface area (Å²) >= 11 is 0. The smallest absolute Gasteiger partial charge is 0.203 e. The molecule has 0 amide bonds. The lowest BCUT2D eigenvalue weighted by molar-refractivity contribution is 0.187. The Morgan fingerprint density at radius 3 is 3.25 bits per heavy atom. The van der Waals surface area contributed by atoms with Gasteiger partial charge in [-0.2, -0.15) is 0 Å². The summed E-state index contributed by atoms with van der Waals surface area (Å²) in [5.41, 5.74) is 1.03. The third kappa shape index (κ3) is 2.74. The second-order valence-corrected chi connectivity index (χ2v) is 4.10. The van der Waals surface area contributed by atoms with Crippen LogP contribution in [0.4, 0.5) is 5.95 Å². The first-order valence-electron chi connectivity index (χ1n) is 5.66. The number of hydrogen-bond donors (Lipinski definition) is 1. The molecule has 0 spiro atoms. The van der Waals surface area contributed by atoms with Crippen molar-refractivity contribution in [3.05, 3.63) is 11.9 Å². The molecule has 1 fully saturated rings. The largest absolute Gasteiger partial charge is 0.383 e. The maximum Gasteiger partial charge on any atom is 0.203 e. The number of methoxy groups -OCH3 is 1. The minimum atomic E-state index is 0.392. The van der Waals surface area contributed by atoms with Gasteiger partial charge in [0.05, 0.1) is 24.9 Å². The molecule has 0 bridgehead atoms. The topological polar surface area (TPSA) is 48.3 Å². The van der Waals surface area contributed by atoms with Crippen LogP contribution < -0.4 is 5.32 Å². The number of hydrogen-bond acceptors (Lipinski definition) is 4. The summed E-state index contributed by atoms with van der Waals surface area (Å²) in [5.74, 6) is 0.921. The molecule has 2 rings (SSSR count). The Kier molecular flexibility index (Phi) is 3.79. The minimum absolute atomic E-state index is 0.392.